The van der Waals surface area contributed by atoms with Crippen LogP contribution in [0.2, 0.25) is 0 Å². The van der Waals surface area contributed by atoms with Gasteiger partial charge in [0.2, 0.25) is 5.13 Å². The van der Waals surface area contributed by atoms with E-state index in [1.165, 1.54) is 30.2 Å². The number of furan rings is 1. The van der Waals surface area contributed by atoms with Crippen LogP contribution in [0.1, 0.15) is 37.8 Å². The highest BCUT2D eigenvalue weighted by atomic mass is 32.2. The van der Waals surface area contributed by atoms with Gasteiger partial charge < -0.3 is 9.15 Å². The van der Waals surface area contributed by atoms with E-state index in [1.54, 1.807) is 32.0 Å². The molecule has 9 heteroatoms. The number of hydrogen-bond acceptors (Lipinski definition) is 8. The van der Waals surface area contributed by atoms with E-state index in [2.05, 4.69) is 20.3 Å². The number of rotatable bonds is 6. The Morgan fingerprint density at radius 3 is 2.59 bits per heavy atom. The minimum atomic E-state index is -0.359. The number of ether oxygens (including phenoxy) is 1. The van der Waals surface area contributed by atoms with E-state index in [0.29, 0.717) is 33.5 Å². The van der Waals surface area contributed by atoms with Gasteiger partial charge in [-0.15, -0.1) is 10.2 Å². The summed E-state index contributed by atoms with van der Waals surface area (Å²) in [4.78, 5) is 23.7. The number of carbonyl (C=O) groups is 2. The molecule has 140 valence electrons. The molecule has 0 atom stereocenters. The molecule has 0 bridgehead atoms. The number of amides is 1. The molecular weight excluding hydrogens is 386 g/mol. The second-order valence-corrected chi connectivity index (χ2v) is 7.83. The highest BCUT2D eigenvalue weighted by Crippen LogP contribution is 2.29. The Bertz CT molecular complexity index is 963. The highest BCUT2D eigenvalue weighted by molar-refractivity contribution is 8.00. The van der Waals surface area contributed by atoms with Gasteiger partial charge in [0.05, 0.1) is 18.2 Å². The molecule has 2 heterocycles. The van der Waals surface area contributed by atoms with Crippen molar-refractivity contribution in [3.8, 4) is 0 Å². The smallest absolute Gasteiger partial charge is 0.337 e. The summed E-state index contributed by atoms with van der Waals surface area (Å²) in [6.45, 7) is 3.54. The molecular formula is C18H17N3O4S2. The average molecular weight is 403 g/mol. The molecule has 1 aromatic carbocycles. The Morgan fingerprint density at radius 1 is 1.22 bits per heavy atom. The predicted molar refractivity (Wildman–Crippen MR) is 103 cm³/mol. The van der Waals surface area contributed by atoms with Gasteiger partial charge in [-0.05, 0) is 37.6 Å². The first-order valence-corrected chi connectivity index (χ1v) is 9.78. The third-order valence-corrected chi connectivity index (χ3v) is 5.69. The first-order chi connectivity index (χ1) is 13.0. The van der Waals surface area contributed by atoms with Crippen LogP contribution in [0.15, 0.2) is 39.1 Å². The lowest BCUT2D eigenvalue weighted by Gasteiger charge is -2.01. The Hall–Kier alpha value is -2.65. The summed E-state index contributed by atoms with van der Waals surface area (Å²) in [5.41, 5.74) is 2.04. The summed E-state index contributed by atoms with van der Waals surface area (Å²) in [5.74, 6) is 1.30. The number of carbonyl (C=O) groups excluding carboxylic acids is 2. The van der Waals surface area contributed by atoms with Gasteiger partial charge in [-0.1, -0.05) is 35.2 Å². The number of esters is 1. The molecule has 1 N–H and O–H groups in total. The minimum Gasteiger partial charge on any atom is -0.466 e. The van der Waals surface area contributed by atoms with E-state index >= 15 is 0 Å². The van der Waals surface area contributed by atoms with Gasteiger partial charge in [0.1, 0.15) is 11.5 Å². The van der Waals surface area contributed by atoms with Crippen molar-refractivity contribution in [2.75, 3.05) is 12.4 Å². The molecule has 0 saturated heterocycles. The average Bonchev–Trinajstić information content (AvgIpc) is 3.25. The van der Waals surface area contributed by atoms with E-state index in [0.717, 1.165) is 9.90 Å². The van der Waals surface area contributed by atoms with Gasteiger partial charge in [0, 0.05) is 5.75 Å². The second-order valence-electron chi connectivity index (χ2n) is 5.63. The lowest BCUT2D eigenvalue weighted by Crippen LogP contribution is -2.11. The number of thioether (sulfide) groups is 1. The summed E-state index contributed by atoms with van der Waals surface area (Å²) >= 11 is 2.81. The van der Waals surface area contributed by atoms with Crippen LogP contribution >= 0.6 is 23.1 Å². The maximum atomic E-state index is 12.3. The van der Waals surface area contributed by atoms with Crippen LogP contribution in [0.5, 0.6) is 0 Å². The van der Waals surface area contributed by atoms with E-state index in [4.69, 9.17) is 4.42 Å². The number of nitrogens with zero attached hydrogens (tertiary/aromatic N) is 2. The zero-order valence-corrected chi connectivity index (χ0v) is 16.6. The van der Waals surface area contributed by atoms with Crippen molar-refractivity contribution >= 4 is 40.1 Å². The molecule has 3 rings (SSSR count). The molecule has 0 aliphatic rings. The molecule has 0 aliphatic carbocycles. The van der Waals surface area contributed by atoms with Crippen LogP contribution in [0, 0.1) is 13.8 Å². The molecule has 7 nitrogen and oxygen atoms in total. The normalized spacial score (nSPS) is 10.6. The lowest BCUT2D eigenvalue weighted by atomic mass is 10.1. The number of aromatic nitrogens is 2. The maximum absolute atomic E-state index is 12.3. The minimum absolute atomic E-state index is 0.268. The molecule has 0 fully saturated rings. The van der Waals surface area contributed by atoms with E-state index in [1.807, 2.05) is 12.1 Å². The molecule has 27 heavy (non-hydrogen) atoms. The van der Waals surface area contributed by atoms with Crippen molar-refractivity contribution in [2.45, 2.75) is 23.9 Å². The van der Waals surface area contributed by atoms with E-state index in [-0.39, 0.29) is 11.9 Å². The van der Waals surface area contributed by atoms with Crippen molar-refractivity contribution in [3.63, 3.8) is 0 Å². The largest absolute Gasteiger partial charge is 0.466 e. The summed E-state index contributed by atoms with van der Waals surface area (Å²) in [6, 6.07) is 8.88. The standard InChI is InChI=1S/C18H17N3O4S2/c1-10-8-14(11(2)25-10)15(22)19-17-20-21-18(27-17)26-9-12-4-6-13(7-5-12)16(23)24-3/h4-8H,9H2,1-3H3,(H,19,20,22). The van der Waals surface area contributed by atoms with Gasteiger partial charge in [0.25, 0.3) is 5.91 Å². The van der Waals surface area contributed by atoms with Crippen LogP contribution < -0.4 is 5.32 Å². The second kappa shape index (κ2) is 8.36. The quantitative estimate of drug-likeness (QED) is 0.376. The fourth-order valence-corrected chi connectivity index (χ4v) is 4.04. The van der Waals surface area contributed by atoms with Gasteiger partial charge in [-0.2, -0.15) is 0 Å². The highest BCUT2D eigenvalue weighted by Gasteiger charge is 2.16. The number of benzene rings is 1. The Morgan fingerprint density at radius 2 is 1.96 bits per heavy atom. The van der Waals surface area contributed by atoms with Crippen LogP contribution in [-0.4, -0.2) is 29.2 Å². The Labute approximate surface area is 164 Å². The lowest BCUT2D eigenvalue weighted by molar-refractivity contribution is 0.0600. The van der Waals surface area contributed by atoms with Gasteiger partial charge in [-0.25, -0.2) is 4.79 Å². The number of aryl methyl sites for hydroxylation is 2. The van der Waals surface area contributed by atoms with Crippen LogP contribution in [-0.2, 0) is 10.5 Å². The number of hydrogen-bond donors (Lipinski definition) is 1. The number of methoxy groups -OCH3 is 1. The van der Waals surface area contributed by atoms with Gasteiger partial charge in [-0.3, -0.25) is 10.1 Å². The monoisotopic (exact) mass is 403 g/mol. The summed E-state index contributed by atoms with van der Waals surface area (Å²) in [5, 5.41) is 11.3. The molecule has 0 saturated carbocycles. The van der Waals surface area contributed by atoms with E-state index in [9.17, 15) is 9.59 Å². The SMILES string of the molecule is COC(=O)c1ccc(CSc2nnc(NC(=O)c3cc(C)oc3C)s2)cc1. The first kappa shape index (κ1) is 19.1. The molecule has 0 aliphatic heterocycles. The van der Waals surface area contributed by atoms with Gasteiger partial charge in [0.15, 0.2) is 4.34 Å². The number of anilines is 1. The van der Waals surface area contributed by atoms with Crippen LogP contribution in [0.25, 0.3) is 0 Å². The Kier molecular flexibility index (Phi) is 5.92. The number of nitrogens with one attached hydrogen (secondary N) is 1. The van der Waals surface area contributed by atoms with Crippen LogP contribution in [0.4, 0.5) is 5.13 Å². The van der Waals surface area contributed by atoms with Crippen molar-refractivity contribution in [2.24, 2.45) is 0 Å². The maximum Gasteiger partial charge on any atom is 0.337 e. The van der Waals surface area contributed by atoms with Crippen molar-refractivity contribution in [1.29, 1.82) is 0 Å². The summed E-state index contributed by atoms with van der Waals surface area (Å²) in [7, 11) is 1.35. The van der Waals surface area contributed by atoms with Crippen molar-refractivity contribution in [3.05, 3.63) is 58.5 Å². The summed E-state index contributed by atoms with van der Waals surface area (Å²) < 4.78 is 10.8. The fourth-order valence-electron chi connectivity index (χ4n) is 2.34. The molecule has 3 aromatic rings. The van der Waals surface area contributed by atoms with Crippen LogP contribution in [0.3, 0.4) is 0 Å². The molecule has 2 aromatic heterocycles. The summed E-state index contributed by atoms with van der Waals surface area (Å²) in [6.07, 6.45) is 0. The Balaban J connectivity index is 1.57. The predicted octanol–water partition coefficient (Wildman–Crippen LogP) is 4.08. The van der Waals surface area contributed by atoms with E-state index < -0.39 is 0 Å². The molecule has 0 radical (unpaired) electrons. The van der Waals surface area contributed by atoms with Crippen molar-refractivity contribution in [1.82, 2.24) is 10.2 Å². The third-order valence-electron chi connectivity index (χ3n) is 3.65. The fraction of sp³-hybridized carbons (Fsp3) is 0.222. The molecule has 0 spiro atoms. The van der Waals surface area contributed by atoms with Crippen molar-refractivity contribution < 1.29 is 18.7 Å². The first-order valence-electron chi connectivity index (χ1n) is 7.98. The zero-order valence-electron chi connectivity index (χ0n) is 14.9. The third kappa shape index (κ3) is 4.75. The molecule has 1 amide bonds. The topological polar surface area (TPSA) is 94.3 Å². The molecule has 0 unspecified atom stereocenters. The zero-order chi connectivity index (χ0) is 19.4. The van der Waals surface area contributed by atoms with Gasteiger partial charge >= 0.3 is 5.97 Å².